The SMILES string of the molecule is COC(=O)C1CCn2c(CCO)nc(Cl)c2C1. The van der Waals surface area contributed by atoms with Gasteiger partial charge in [0.1, 0.15) is 5.82 Å². The number of methoxy groups -OCH3 is 1. The van der Waals surface area contributed by atoms with Gasteiger partial charge in [-0.3, -0.25) is 4.79 Å². The van der Waals surface area contributed by atoms with Crippen LogP contribution in [0.25, 0.3) is 0 Å². The van der Waals surface area contributed by atoms with Gasteiger partial charge < -0.3 is 14.4 Å². The van der Waals surface area contributed by atoms with Crippen LogP contribution in [-0.2, 0) is 28.9 Å². The summed E-state index contributed by atoms with van der Waals surface area (Å²) in [5.41, 5.74) is 0.872. The summed E-state index contributed by atoms with van der Waals surface area (Å²) < 4.78 is 6.75. The molecule has 1 aromatic rings. The minimum atomic E-state index is -0.197. The van der Waals surface area contributed by atoms with Crippen molar-refractivity contribution in [2.24, 2.45) is 5.92 Å². The summed E-state index contributed by atoms with van der Waals surface area (Å²) >= 11 is 6.05. The predicted octanol–water partition coefficient (Wildman–Crippen LogP) is 0.807. The van der Waals surface area contributed by atoms with Gasteiger partial charge in [0.2, 0.25) is 0 Å². The van der Waals surface area contributed by atoms with Crippen molar-refractivity contribution in [3.8, 4) is 0 Å². The minimum absolute atomic E-state index is 0.0488. The van der Waals surface area contributed by atoms with Gasteiger partial charge in [0.15, 0.2) is 5.15 Å². The summed E-state index contributed by atoms with van der Waals surface area (Å²) in [5, 5.41) is 9.37. The number of rotatable bonds is 3. The lowest BCUT2D eigenvalue weighted by molar-refractivity contribution is -0.146. The molecular weight excluding hydrogens is 244 g/mol. The molecule has 2 heterocycles. The predicted molar refractivity (Wildman–Crippen MR) is 61.9 cm³/mol. The van der Waals surface area contributed by atoms with E-state index in [2.05, 4.69) is 4.98 Å². The van der Waals surface area contributed by atoms with Crippen molar-refractivity contribution in [2.45, 2.75) is 25.8 Å². The number of nitrogens with zero attached hydrogens (tertiary/aromatic N) is 2. The second-order valence-electron chi connectivity index (χ2n) is 4.10. The third kappa shape index (κ3) is 2.30. The van der Waals surface area contributed by atoms with E-state index >= 15 is 0 Å². The Labute approximate surface area is 104 Å². The van der Waals surface area contributed by atoms with E-state index in [4.69, 9.17) is 21.4 Å². The van der Waals surface area contributed by atoms with E-state index in [1.807, 2.05) is 4.57 Å². The van der Waals surface area contributed by atoms with Crippen molar-refractivity contribution in [1.82, 2.24) is 9.55 Å². The molecule has 0 spiro atoms. The van der Waals surface area contributed by atoms with Gasteiger partial charge in [0.05, 0.1) is 25.3 Å². The van der Waals surface area contributed by atoms with Crippen LogP contribution in [0, 0.1) is 5.92 Å². The normalized spacial score (nSPS) is 18.9. The zero-order valence-electron chi connectivity index (χ0n) is 9.65. The fourth-order valence-corrected chi connectivity index (χ4v) is 2.52. The number of carbonyl (C=O) groups is 1. The molecular formula is C11H15ClN2O3. The molecule has 1 aromatic heterocycles. The third-order valence-electron chi connectivity index (χ3n) is 3.11. The molecule has 6 heteroatoms. The van der Waals surface area contributed by atoms with Crippen molar-refractivity contribution in [2.75, 3.05) is 13.7 Å². The summed E-state index contributed by atoms with van der Waals surface area (Å²) in [4.78, 5) is 15.7. The molecule has 1 N–H and O–H groups in total. The Balaban J connectivity index is 2.23. The molecule has 0 bridgehead atoms. The molecule has 1 aliphatic rings. The Hall–Kier alpha value is -1.07. The molecule has 2 rings (SSSR count). The number of carbonyl (C=O) groups excluding carboxylic acids is 1. The largest absolute Gasteiger partial charge is 0.469 e. The number of imidazole rings is 1. The molecule has 5 nitrogen and oxygen atoms in total. The van der Waals surface area contributed by atoms with Crippen molar-refractivity contribution in [1.29, 1.82) is 0 Å². The van der Waals surface area contributed by atoms with Gasteiger partial charge in [-0.1, -0.05) is 11.6 Å². The lowest BCUT2D eigenvalue weighted by Crippen LogP contribution is -2.27. The molecule has 94 valence electrons. The van der Waals surface area contributed by atoms with E-state index in [1.54, 1.807) is 0 Å². The van der Waals surface area contributed by atoms with Gasteiger partial charge in [-0.2, -0.15) is 0 Å². The molecule has 1 aliphatic heterocycles. The van der Waals surface area contributed by atoms with Gasteiger partial charge in [0.25, 0.3) is 0 Å². The fourth-order valence-electron chi connectivity index (χ4n) is 2.24. The van der Waals surface area contributed by atoms with Crippen LogP contribution >= 0.6 is 11.6 Å². The Morgan fingerprint density at radius 1 is 1.71 bits per heavy atom. The van der Waals surface area contributed by atoms with Gasteiger partial charge in [-0.05, 0) is 6.42 Å². The van der Waals surface area contributed by atoms with Crippen molar-refractivity contribution < 1.29 is 14.6 Å². The number of esters is 1. The number of fused-ring (bicyclic) bond motifs is 1. The van der Waals surface area contributed by atoms with E-state index in [9.17, 15) is 4.79 Å². The van der Waals surface area contributed by atoms with Crippen LogP contribution in [0.1, 0.15) is 17.9 Å². The highest BCUT2D eigenvalue weighted by molar-refractivity contribution is 6.30. The number of aliphatic hydroxyl groups excluding tert-OH is 1. The first-order valence-corrected chi connectivity index (χ1v) is 5.97. The summed E-state index contributed by atoms with van der Waals surface area (Å²) in [6, 6.07) is 0. The van der Waals surface area contributed by atoms with E-state index in [0.29, 0.717) is 24.5 Å². The Morgan fingerprint density at radius 2 is 2.47 bits per heavy atom. The summed E-state index contributed by atoms with van der Waals surface area (Å²) in [6.45, 7) is 0.747. The van der Waals surface area contributed by atoms with Crippen LogP contribution in [0.3, 0.4) is 0 Å². The quantitative estimate of drug-likeness (QED) is 0.815. The van der Waals surface area contributed by atoms with Crippen molar-refractivity contribution >= 4 is 17.6 Å². The zero-order valence-corrected chi connectivity index (χ0v) is 10.4. The van der Waals surface area contributed by atoms with E-state index in [1.165, 1.54) is 7.11 Å². The highest BCUT2D eigenvalue weighted by Gasteiger charge is 2.29. The molecule has 0 fully saturated rings. The van der Waals surface area contributed by atoms with E-state index < -0.39 is 0 Å². The molecule has 0 aromatic carbocycles. The maximum atomic E-state index is 11.5. The third-order valence-corrected chi connectivity index (χ3v) is 3.42. The average molecular weight is 259 g/mol. The molecule has 1 atom stereocenters. The van der Waals surface area contributed by atoms with Crippen LogP contribution in [0.2, 0.25) is 5.15 Å². The number of aromatic nitrogens is 2. The molecule has 0 aliphatic carbocycles. The first kappa shape index (κ1) is 12.4. The molecule has 0 amide bonds. The van der Waals surface area contributed by atoms with E-state index in [-0.39, 0.29) is 18.5 Å². The summed E-state index contributed by atoms with van der Waals surface area (Å²) in [7, 11) is 1.40. The molecule has 0 saturated heterocycles. The van der Waals surface area contributed by atoms with Gasteiger partial charge >= 0.3 is 5.97 Å². The second kappa shape index (κ2) is 5.06. The summed E-state index contributed by atoms with van der Waals surface area (Å²) in [5.74, 6) is 0.455. The molecule has 0 radical (unpaired) electrons. The number of halogens is 1. The number of hydrogen-bond acceptors (Lipinski definition) is 4. The lowest BCUT2D eigenvalue weighted by atomic mass is 9.96. The maximum absolute atomic E-state index is 11.5. The van der Waals surface area contributed by atoms with Crippen LogP contribution in [0.4, 0.5) is 0 Å². The van der Waals surface area contributed by atoms with Crippen molar-refractivity contribution in [3.63, 3.8) is 0 Å². The minimum Gasteiger partial charge on any atom is -0.469 e. The maximum Gasteiger partial charge on any atom is 0.309 e. The first-order chi connectivity index (χ1) is 8.17. The van der Waals surface area contributed by atoms with Gasteiger partial charge in [0, 0.05) is 19.4 Å². The molecule has 1 unspecified atom stereocenters. The highest BCUT2D eigenvalue weighted by Crippen LogP contribution is 2.28. The number of aliphatic hydroxyl groups is 1. The van der Waals surface area contributed by atoms with Crippen LogP contribution in [-0.4, -0.2) is 34.3 Å². The van der Waals surface area contributed by atoms with Crippen LogP contribution < -0.4 is 0 Å². The smallest absolute Gasteiger partial charge is 0.309 e. The first-order valence-electron chi connectivity index (χ1n) is 5.59. The number of hydrogen-bond donors (Lipinski definition) is 1. The topological polar surface area (TPSA) is 64.3 Å². The summed E-state index contributed by atoms with van der Waals surface area (Å²) in [6.07, 6.45) is 1.78. The van der Waals surface area contributed by atoms with Gasteiger partial charge in [-0.15, -0.1) is 0 Å². The van der Waals surface area contributed by atoms with Crippen molar-refractivity contribution in [3.05, 3.63) is 16.7 Å². The van der Waals surface area contributed by atoms with Crippen LogP contribution in [0.15, 0.2) is 0 Å². The molecule has 0 saturated carbocycles. The Bertz CT molecular complexity index is 431. The highest BCUT2D eigenvalue weighted by atomic mass is 35.5. The average Bonchev–Trinajstić information content (AvgIpc) is 2.65. The zero-order chi connectivity index (χ0) is 12.4. The number of ether oxygens (including phenoxy) is 1. The Kier molecular flexibility index (Phi) is 3.69. The van der Waals surface area contributed by atoms with Crippen LogP contribution in [0.5, 0.6) is 0 Å². The Morgan fingerprint density at radius 3 is 3.12 bits per heavy atom. The second-order valence-corrected chi connectivity index (χ2v) is 4.46. The van der Waals surface area contributed by atoms with E-state index in [0.717, 1.165) is 17.9 Å². The standard InChI is InChI=1S/C11H15ClN2O3/c1-17-11(16)7-2-4-14-8(6-7)10(12)13-9(14)3-5-15/h7,15H,2-6H2,1H3. The van der Waals surface area contributed by atoms with Gasteiger partial charge in [-0.25, -0.2) is 4.98 Å². The lowest BCUT2D eigenvalue weighted by Gasteiger charge is -2.23. The molecule has 17 heavy (non-hydrogen) atoms. The monoisotopic (exact) mass is 258 g/mol. The fraction of sp³-hybridized carbons (Fsp3) is 0.636.